The highest BCUT2D eigenvalue weighted by Gasteiger charge is 2.36. The van der Waals surface area contributed by atoms with E-state index in [1.54, 1.807) is 0 Å². The van der Waals surface area contributed by atoms with Crippen molar-refractivity contribution in [3.05, 3.63) is 35.9 Å². The SMILES string of the molecule is C#CC(C)(C)[C@H](N[C@H](C)c1ccccc1)C1CCCC1.[HH]. The van der Waals surface area contributed by atoms with Crippen LogP contribution in [-0.2, 0) is 0 Å². The largest absolute Gasteiger partial charge is 0.306 e. The molecule has 1 N–H and O–H groups in total. The Morgan fingerprint density at radius 2 is 1.85 bits per heavy atom. The molecule has 1 aromatic carbocycles. The minimum atomic E-state index is -0.0992. The quantitative estimate of drug-likeness (QED) is 0.758. The average molecular weight is 271 g/mol. The number of rotatable bonds is 5. The average Bonchev–Trinajstić information content (AvgIpc) is 2.99. The van der Waals surface area contributed by atoms with Crippen molar-refractivity contribution in [1.29, 1.82) is 0 Å². The Morgan fingerprint density at radius 1 is 1.25 bits per heavy atom. The summed E-state index contributed by atoms with van der Waals surface area (Å²) in [6, 6.07) is 11.4. The van der Waals surface area contributed by atoms with Crippen LogP contribution in [0.2, 0.25) is 0 Å². The van der Waals surface area contributed by atoms with Crippen molar-refractivity contribution in [2.45, 2.75) is 58.5 Å². The highest BCUT2D eigenvalue weighted by atomic mass is 15.0. The van der Waals surface area contributed by atoms with Crippen LogP contribution in [0.1, 0.15) is 59.5 Å². The monoisotopic (exact) mass is 271 g/mol. The fourth-order valence-corrected chi connectivity index (χ4v) is 3.42. The maximum absolute atomic E-state index is 5.80. The van der Waals surface area contributed by atoms with Gasteiger partial charge in [-0.2, -0.15) is 0 Å². The van der Waals surface area contributed by atoms with Crippen molar-refractivity contribution in [1.82, 2.24) is 5.32 Å². The molecule has 1 heteroatoms. The summed E-state index contributed by atoms with van der Waals surface area (Å²) < 4.78 is 0. The van der Waals surface area contributed by atoms with Gasteiger partial charge in [-0.15, -0.1) is 6.42 Å². The van der Waals surface area contributed by atoms with Crippen molar-refractivity contribution in [3.63, 3.8) is 0 Å². The summed E-state index contributed by atoms with van der Waals surface area (Å²) >= 11 is 0. The van der Waals surface area contributed by atoms with Gasteiger partial charge in [0.15, 0.2) is 0 Å². The smallest absolute Gasteiger partial charge is 0.0411 e. The molecule has 0 saturated heterocycles. The molecule has 0 amide bonds. The van der Waals surface area contributed by atoms with E-state index in [0.717, 1.165) is 0 Å². The maximum atomic E-state index is 5.80. The van der Waals surface area contributed by atoms with Crippen LogP contribution in [0.15, 0.2) is 30.3 Å². The number of hydrogen-bond acceptors (Lipinski definition) is 1. The van der Waals surface area contributed by atoms with Crippen molar-refractivity contribution < 1.29 is 1.43 Å². The third kappa shape index (κ3) is 3.44. The fourth-order valence-electron chi connectivity index (χ4n) is 3.42. The second-order valence-corrected chi connectivity index (χ2v) is 6.69. The van der Waals surface area contributed by atoms with Gasteiger partial charge in [-0.25, -0.2) is 0 Å². The molecule has 0 unspecified atom stereocenters. The van der Waals surface area contributed by atoms with Crippen molar-refractivity contribution in [2.24, 2.45) is 11.3 Å². The zero-order valence-electron chi connectivity index (χ0n) is 13.0. The van der Waals surface area contributed by atoms with E-state index in [2.05, 4.69) is 62.3 Å². The lowest BCUT2D eigenvalue weighted by Gasteiger charge is -2.37. The molecule has 1 nitrogen and oxygen atoms in total. The van der Waals surface area contributed by atoms with Gasteiger partial charge in [-0.3, -0.25) is 0 Å². The second-order valence-electron chi connectivity index (χ2n) is 6.69. The van der Waals surface area contributed by atoms with Crippen LogP contribution in [0, 0.1) is 23.7 Å². The van der Waals surface area contributed by atoms with Gasteiger partial charge in [-0.05, 0) is 45.1 Å². The summed E-state index contributed by atoms with van der Waals surface area (Å²) in [4.78, 5) is 0. The Labute approximate surface area is 125 Å². The molecular weight excluding hydrogens is 242 g/mol. The minimum absolute atomic E-state index is 0. The predicted molar refractivity (Wildman–Crippen MR) is 88.5 cm³/mol. The molecule has 2 atom stereocenters. The van der Waals surface area contributed by atoms with E-state index in [-0.39, 0.29) is 6.84 Å². The van der Waals surface area contributed by atoms with Crippen LogP contribution >= 0.6 is 0 Å². The molecule has 0 spiro atoms. The summed E-state index contributed by atoms with van der Waals surface area (Å²) in [5, 5.41) is 3.82. The molecule has 1 aliphatic carbocycles. The van der Waals surface area contributed by atoms with E-state index < -0.39 is 0 Å². The van der Waals surface area contributed by atoms with Crippen LogP contribution in [0.3, 0.4) is 0 Å². The lowest BCUT2D eigenvalue weighted by molar-refractivity contribution is 0.215. The first-order valence-electron chi connectivity index (χ1n) is 7.83. The summed E-state index contributed by atoms with van der Waals surface area (Å²) in [7, 11) is 0. The van der Waals surface area contributed by atoms with Crippen molar-refractivity contribution >= 4 is 0 Å². The molecule has 1 aliphatic rings. The first kappa shape index (κ1) is 15.1. The lowest BCUT2D eigenvalue weighted by atomic mass is 9.76. The molecule has 1 fully saturated rings. The predicted octanol–water partition coefficient (Wildman–Crippen LogP) is 4.80. The van der Waals surface area contributed by atoms with Gasteiger partial charge in [0.05, 0.1) is 0 Å². The summed E-state index contributed by atoms with van der Waals surface area (Å²) in [5.74, 6) is 3.73. The first-order chi connectivity index (χ1) is 9.54. The minimum Gasteiger partial charge on any atom is -0.306 e. The Bertz CT molecular complexity index is 454. The molecule has 0 aromatic heterocycles. The number of nitrogens with one attached hydrogen (secondary N) is 1. The van der Waals surface area contributed by atoms with Gasteiger partial charge in [0.25, 0.3) is 0 Å². The molecule has 0 bridgehead atoms. The van der Waals surface area contributed by atoms with E-state index in [0.29, 0.717) is 18.0 Å². The second kappa shape index (κ2) is 6.46. The third-order valence-corrected chi connectivity index (χ3v) is 4.75. The van der Waals surface area contributed by atoms with Gasteiger partial charge in [0, 0.05) is 18.9 Å². The Balaban J connectivity index is 0.00000220. The van der Waals surface area contributed by atoms with Crippen LogP contribution in [0.4, 0.5) is 0 Å². The molecular formula is C19H29N. The highest BCUT2D eigenvalue weighted by Crippen LogP contribution is 2.37. The van der Waals surface area contributed by atoms with E-state index in [9.17, 15) is 0 Å². The molecule has 1 saturated carbocycles. The van der Waals surface area contributed by atoms with Crippen molar-refractivity contribution in [2.75, 3.05) is 0 Å². The summed E-state index contributed by atoms with van der Waals surface area (Å²) in [6.07, 6.45) is 11.1. The molecule has 2 rings (SSSR count). The Hall–Kier alpha value is -1.26. The molecule has 0 heterocycles. The Morgan fingerprint density at radius 3 is 2.40 bits per heavy atom. The van der Waals surface area contributed by atoms with Crippen molar-refractivity contribution in [3.8, 4) is 12.3 Å². The van der Waals surface area contributed by atoms with E-state index in [1.807, 2.05) is 0 Å². The third-order valence-electron chi connectivity index (χ3n) is 4.75. The number of hydrogen-bond donors (Lipinski definition) is 1. The lowest BCUT2D eigenvalue weighted by Crippen LogP contribution is -2.47. The highest BCUT2D eigenvalue weighted by molar-refractivity contribution is 5.19. The van der Waals surface area contributed by atoms with E-state index >= 15 is 0 Å². The summed E-state index contributed by atoms with van der Waals surface area (Å²) in [6.45, 7) is 6.63. The molecule has 20 heavy (non-hydrogen) atoms. The van der Waals surface area contributed by atoms with Gasteiger partial charge in [0.2, 0.25) is 0 Å². The van der Waals surface area contributed by atoms with Gasteiger partial charge in [-0.1, -0.05) is 49.1 Å². The first-order valence-corrected chi connectivity index (χ1v) is 7.83. The van der Waals surface area contributed by atoms with Gasteiger partial charge in [0.1, 0.15) is 0 Å². The normalized spacial score (nSPS) is 19.5. The van der Waals surface area contributed by atoms with Crippen LogP contribution < -0.4 is 5.32 Å². The van der Waals surface area contributed by atoms with Crippen LogP contribution in [-0.4, -0.2) is 6.04 Å². The molecule has 110 valence electrons. The zero-order chi connectivity index (χ0) is 14.6. The number of benzene rings is 1. The standard InChI is InChI=1S/C19H27N.H2/c1-5-19(3,4)18(17-13-9-10-14-17)20-15(2)16-11-7-6-8-12-16;/h1,6-8,11-12,15,17-18,20H,9-10,13-14H2,2-4H3;1H/t15-,18-;/m1./s1. The number of terminal acetylenes is 1. The topological polar surface area (TPSA) is 12.0 Å². The Kier molecular flexibility index (Phi) is 4.89. The van der Waals surface area contributed by atoms with E-state index in [4.69, 9.17) is 6.42 Å². The fraction of sp³-hybridized carbons (Fsp3) is 0.579. The summed E-state index contributed by atoms with van der Waals surface area (Å²) in [5.41, 5.74) is 1.24. The molecule has 0 aliphatic heterocycles. The zero-order valence-corrected chi connectivity index (χ0v) is 13.0. The van der Waals surface area contributed by atoms with Gasteiger partial charge >= 0.3 is 0 Å². The molecule has 0 radical (unpaired) electrons. The van der Waals surface area contributed by atoms with E-state index in [1.165, 1.54) is 31.2 Å². The van der Waals surface area contributed by atoms with Crippen LogP contribution in [0.25, 0.3) is 0 Å². The maximum Gasteiger partial charge on any atom is 0.0411 e. The van der Waals surface area contributed by atoms with Gasteiger partial charge < -0.3 is 5.32 Å². The van der Waals surface area contributed by atoms with Crippen LogP contribution in [0.5, 0.6) is 0 Å². The molecule has 1 aromatic rings.